The Morgan fingerprint density at radius 1 is 1.05 bits per heavy atom. The Kier molecular flexibility index (Phi) is 8.45. The van der Waals surface area contributed by atoms with Gasteiger partial charge in [0.15, 0.2) is 5.25 Å². The van der Waals surface area contributed by atoms with E-state index in [1.807, 2.05) is 0 Å². The van der Waals surface area contributed by atoms with Crippen molar-refractivity contribution in [3.8, 4) is 0 Å². The lowest BCUT2D eigenvalue weighted by atomic mass is 10.3. The fraction of sp³-hybridized carbons (Fsp3) is 0.667. The molecule has 0 fully saturated rings. The minimum absolute atomic E-state index is 0.0289. The van der Waals surface area contributed by atoms with E-state index in [1.165, 1.54) is 0 Å². The average molecular weight is 323 g/mol. The van der Waals surface area contributed by atoms with Crippen LogP contribution >= 0.6 is 0 Å². The maximum absolute atomic E-state index is 10.2. The molecule has 0 aliphatic rings. The van der Waals surface area contributed by atoms with Crippen LogP contribution in [0.3, 0.4) is 0 Å². The van der Waals surface area contributed by atoms with Gasteiger partial charge < -0.3 is 15.9 Å². The van der Waals surface area contributed by atoms with Crippen LogP contribution in [0, 0.1) is 0 Å². The van der Waals surface area contributed by atoms with Crippen molar-refractivity contribution >= 4 is 32.2 Å². The first-order chi connectivity index (χ1) is 8.31. The third kappa shape index (κ3) is 13.0. The summed E-state index contributed by atoms with van der Waals surface area (Å²) in [6, 6.07) is 0. The van der Waals surface area contributed by atoms with E-state index in [0.717, 1.165) is 0 Å². The quantitative estimate of drug-likeness (QED) is 0.326. The number of carboxylic acids is 2. The van der Waals surface area contributed by atoms with E-state index in [1.54, 1.807) is 0 Å². The Balaban J connectivity index is 0. The van der Waals surface area contributed by atoms with Crippen LogP contribution in [0.5, 0.6) is 0 Å². The molecule has 19 heavy (non-hydrogen) atoms. The van der Waals surface area contributed by atoms with Gasteiger partial charge in [-0.25, -0.2) is 0 Å². The normalized spacial score (nSPS) is 13.0. The predicted octanol–water partition coefficient (Wildman–Crippen LogP) is -2.36. The molecule has 0 heterocycles. The minimum Gasteiger partial charge on any atom is -0.481 e. The maximum Gasteiger partial charge on any atom is 0.325 e. The first kappa shape index (κ1) is 20.0. The van der Waals surface area contributed by atoms with Gasteiger partial charge in [-0.15, -0.1) is 0 Å². The second kappa shape index (κ2) is 8.00. The van der Waals surface area contributed by atoms with E-state index < -0.39 is 43.8 Å². The Labute approximate surface area is 108 Å². The average Bonchev–Trinajstić information content (AvgIpc) is 2.10. The molecule has 6 N–H and O–H groups in total. The Morgan fingerprint density at radius 2 is 1.47 bits per heavy atom. The number of carboxylic acid groups (broad SMARTS) is 2. The zero-order valence-corrected chi connectivity index (χ0v) is 11.0. The highest BCUT2D eigenvalue weighted by Crippen LogP contribution is 2.04. The van der Waals surface area contributed by atoms with Gasteiger partial charge in [-0.05, 0) is 0 Å². The summed E-state index contributed by atoms with van der Waals surface area (Å²) in [5.74, 6) is -3.85. The minimum atomic E-state index is -4.84. The maximum atomic E-state index is 10.2. The summed E-state index contributed by atoms with van der Waals surface area (Å²) < 4.78 is 56.0. The van der Waals surface area contributed by atoms with E-state index in [0.29, 0.717) is 0 Å². The van der Waals surface area contributed by atoms with E-state index >= 15 is 0 Å². The molecule has 0 bridgehead atoms. The van der Waals surface area contributed by atoms with Crippen molar-refractivity contribution in [3.05, 3.63) is 0 Å². The van der Waals surface area contributed by atoms with Crippen LogP contribution in [-0.4, -0.2) is 65.6 Å². The van der Waals surface area contributed by atoms with E-state index in [4.69, 9.17) is 25.1 Å². The number of rotatable bonds is 6. The Hall–Kier alpha value is -1.28. The van der Waals surface area contributed by atoms with E-state index in [-0.39, 0.29) is 12.3 Å². The summed E-state index contributed by atoms with van der Waals surface area (Å²) >= 11 is 0. The van der Waals surface area contributed by atoms with Gasteiger partial charge in [-0.2, -0.15) is 16.8 Å². The lowest BCUT2D eigenvalue weighted by Crippen LogP contribution is -2.31. The molecule has 1 atom stereocenters. The largest absolute Gasteiger partial charge is 0.481 e. The fourth-order valence-electron chi connectivity index (χ4n) is 0.628. The van der Waals surface area contributed by atoms with Crippen LogP contribution in [-0.2, 0) is 29.8 Å². The lowest BCUT2D eigenvalue weighted by Gasteiger charge is -2.04. The molecule has 11 nitrogen and oxygen atoms in total. The SMILES string of the molecule is NCCS(=O)(=O)O.O=C(O)CC(C(=O)O)S(=O)(=O)O. The highest BCUT2D eigenvalue weighted by atomic mass is 32.2. The summed E-state index contributed by atoms with van der Waals surface area (Å²) in [7, 11) is -8.64. The molecule has 13 heteroatoms. The van der Waals surface area contributed by atoms with Crippen molar-refractivity contribution in [2.24, 2.45) is 5.73 Å². The van der Waals surface area contributed by atoms with Crippen LogP contribution in [0.25, 0.3) is 0 Å². The third-order valence-corrected chi connectivity index (χ3v) is 3.21. The summed E-state index contributed by atoms with van der Waals surface area (Å²) in [5.41, 5.74) is 4.78. The van der Waals surface area contributed by atoms with Crippen molar-refractivity contribution in [2.45, 2.75) is 11.7 Å². The molecule has 0 aliphatic heterocycles. The lowest BCUT2D eigenvalue weighted by molar-refractivity contribution is -0.143. The summed E-state index contributed by atoms with van der Waals surface area (Å²) in [5, 5.41) is 13.9. The molecule has 0 aromatic rings. The highest BCUT2D eigenvalue weighted by Gasteiger charge is 2.33. The van der Waals surface area contributed by atoms with Crippen molar-refractivity contribution in [3.63, 3.8) is 0 Å². The predicted molar refractivity (Wildman–Crippen MR) is 60.7 cm³/mol. The second-order valence-electron chi connectivity index (χ2n) is 3.01. The zero-order chi connectivity index (χ0) is 15.9. The summed E-state index contributed by atoms with van der Waals surface area (Å²) in [4.78, 5) is 20.0. The van der Waals surface area contributed by atoms with Crippen molar-refractivity contribution in [1.82, 2.24) is 0 Å². The van der Waals surface area contributed by atoms with Gasteiger partial charge in [0.2, 0.25) is 0 Å². The van der Waals surface area contributed by atoms with Crippen LogP contribution in [0.4, 0.5) is 0 Å². The molecule has 0 spiro atoms. The number of hydrogen-bond donors (Lipinski definition) is 5. The molecular weight excluding hydrogens is 310 g/mol. The van der Waals surface area contributed by atoms with Crippen LogP contribution in [0.1, 0.15) is 6.42 Å². The van der Waals surface area contributed by atoms with Crippen LogP contribution < -0.4 is 5.73 Å². The zero-order valence-electron chi connectivity index (χ0n) is 9.33. The Bertz CT molecular complexity index is 506. The standard InChI is InChI=1S/C4H6O7S.C2H7NO3S/c5-3(6)1-2(4(7)8)12(9,10)11;3-1-2-7(4,5)6/h2H,1H2,(H,5,6)(H,7,8)(H,9,10,11);1-3H2,(H,4,5,6). The molecule has 0 aromatic carbocycles. The number of nitrogens with two attached hydrogens (primary N) is 1. The van der Waals surface area contributed by atoms with Gasteiger partial charge in [-0.3, -0.25) is 18.7 Å². The molecule has 0 rings (SSSR count). The Morgan fingerprint density at radius 3 is 1.53 bits per heavy atom. The number of hydrogen-bond acceptors (Lipinski definition) is 7. The molecule has 0 aliphatic carbocycles. The molecular formula is C6H13NO10S2. The first-order valence-corrected chi connectivity index (χ1v) is 7.48. The first-order valence-electron chi connectivity index (χ1n) is 4.37. The van der Waals surface area contributed by atoms with Gasteiger partial charge in [0.1, 0.15) is 0 Å². The van der Waals surface area contributed by atoms with E-state index in [2.05, 4.69) is 0 Å². The molecule has 0 aromatic heterocycles. The fourth-order valence-corrected chi connectivity index (χ4v) is 1.53. The van der Waals surface area contributed by atoms with Gasteiger partial charge in [0.05, 0.1) is 12.2 Å². The van der Waals surface area contributed by atoms with Crippen molar-refractivity contribution in [1.29, 1.82) is 0 Å². The van der Waals surface area contributed by atoms with Gasteiger partial charge in [-0.1, -0.05) is 0 Å². The molecule has 0 saturated heterocycles. The highest BCUT2D eigenvalue weighted by molar-refractivity contribution is 7.87. The topological polar surface area (TPSA) is 209 Å². The number of aliphatic carboxylic acids is 2. The smallest absolute Gasteiger partial charge is 0.325 e. The summed E-state index contributed by atoms with van der Waals surface area (Å²) in [6.45, 7) is -0.0289. The van der Waals surface area contributed by atoms with Gasteiger partial charge >= 0.3 is 11.9 Å². The third-order valence-electron chi connectivity index (χ3n) is 1.37. The monoisotopic (exact) mass is 323 g/mol. The molecule has 114 valence electrons. The van der Waals surface area contributed by atoms with Gasteiger partial charge in [0, 0.05) is 6.54 Å². The molecule has 0 radical (unpaired) electrons. The molecule has 1 unspecified atom stereocenters. The number of carbonyl (C=O) groups is 2. The second-order valence-corrected chi connectivity index (χ2v) is 6.19. The van der Waals surface area contributed by atoms with E-state index in [9.17, 15) is 26.4 Å². The molecule has 0 saturated carbocycles. The van der Waals surface area contributed by atoms with Crippen LogP contribution in [0.2, 0.25) is 0 Å². The van der Waals surface area contributed by atoms with Crippen molar-refractivity contribution in [2.75, 3.05) is 12.3 Å². The summed E-state index contributed by atoms with van der Waals surface area (Å²) in [6.07, 6.45) is -1.16. The van der Waals surface area contributed by atoms with Gasteiger partial charge in [0.25, 0.3) is 20.2 Å². The van der Waals surface area contributed by atoms with Crippen LogP contribution in [0.15, 0.2) is 0 Å². The van der Waals surface area contributed by atoms with Crippen molar-refractivity contribution < 1.29 is 45.7 Å². The molecule has 0 amide bonds.